The monoisotopic (exact) mass is 356 g/mol. The van der Waals surface area contributed by atoms with Crippen molar-refractivity contribution in [2.75, 3.05) is 6.54 Å². The van der Waals surface area contributed by atoms with Gasteiger partial charge in [-0.15, -0.1) is 0 Å². The first-order valence-corrected chi connectivity index (χ1v) is 6.72. The first kappa shape index (κ1) is 14.8. The minimum atomic E-state index is 0.244. The molecule has 1 rings (SSSR count). The van der Waals surface area contributed by atoms with Crippen LogP contribution < -0.4 is 5.49 Å². The van der Waals surface area contributed by atoms with E-state index in [1.165, 1.54) is 3.57 Å². The number of hydrogen-bond donors (Lipinski definition) is 1. The van der Waals surface area contributed by atoms with Crippen LogP contribution in [0.3, 0.4) is 0 Å². The van der Waals surface area contributed by atoms with Gasteiger partial charge in [-0.2, -0.15) is 0 Å². The fraction of sp³-hybridized carbons (Fsp3) is 0.214. The van der Waals surface area contributed by atoms with E-state index in [4.69, 9.17) is 0 Å². The van der Waals surface area contributed by atoms with Crippen LogP contribution in [0.5, 0.6) is 0 Å². The van der Waals surface area contributed by atoms with E-state index in [0.29, 0.717) is 6.54 Å². The zero-order chi connectivity index (χ0) is 13.4. The van der Waals surface area contributed by atoms with Gasteiger partial charge < -0.3 is 9.67 Å². The highest BCUT2D eigenvalue weighted by Gasteiger charge is 1.88. The third-order valence-electron chi connectivity index (χ3n) is 2.17. The highest BCUT2D eigenvalue weighted by molar-refractivity contribution is 14.1. The molecule has 0 saturated heterocycles. The lowest BCUT2D eigenvalue weighted by Gasteiger charge is -1.99. The van der Waals surface area contributed by atoms with Crippen LogP contribution in [-0.4, -0.2) is 16.2 Å². The van der Waals surface area contributed by atoms with Crippen LogP contribution in [0, 0.1) is 3.57 Å². The predicted octanol–water partition coefficient (Wildman–Crippen LogP) is 3.10. The summed E-state index contributed by atoms with van der Waals surface area (Å²) in [6.07, 6.45) is 10.8. The summed E-state index contributed by atoms with van der Waals surface area (Å²) in [6, 6.07) is 4.02. The van der Waals surface area contributed by atoms with E-state index in [1.54, 1.807) is 24.3 Å². The van der Waals surface area contributed by atoms with E-state index >= 15 is 0 Å². The second kappa shape index (κ2) is 7.92. The van der Waals surface area contributed by atoms with Gasteiger partial charge in [0.1, 0.15) is 11.2 Å². The molecule has 0 radical (unpaired) electrons. The topological polar surface area (TPSA) is 37.5 Å². The van der Waals surface area contributed by atoms with Crippen molar-refractivity contribution >= 4 is 22.6 Å². The van der Waals surface area contributed by atoms with Gasteiger partial charge in [0.2, 0.25) is 0 Å². The fourth-order valence-electron chi connectivity index (χ4n) is 1.33. The van der Waals surface area contributed by atoms with Crippen LogP contribution in [0.1, 0.15) is 6.92 Å². The maximum atomic E-state index is 9.33. The summed E-state index contributed by atoms with van der Waals surface area (Å²) in [7, 11) is 1.97. The quantitative estimate of drug-likeness (QED) is 0.503. The Labute approximate surface area is 121 Å². The lowest BCUT2D eigenvalue weighted by atomic mass is 10.3. The summed E-state index contributed by atoms with van der Waals surface area (Å²) in [5, 5.41) is 9.33. The second-order valence-corrected chi connectivity index (χ2v) is 4.92. The van der Waals surface area contributed by atoms with Gasteiger partial charge in [-0.05, 0) is 53.8 Å². The van der Waals surface area contributed by atoms with Gasteiger partial charge in [0.05, 0.1) is 6.54 Å². The maximum Gasteiger partial charge on any atom is 0.127 e. The molecule has 0 aliphatic heterocycles. The Kier molecular flexibility index (Phi) is 6.49. The molecule has 0 aliphatic carbocycles. The molecule has 3 nitrogen and oxygen atoms in total. The molecule has 0 fully saturated rings. The van der Waals surface area contributed by atoms with Gasteiger partial charge in [0.15, 0.2) is 0 Å². The molecule has 18 heavy (non-hydrogen) atoms. The number of nitrogens with zero attached hydrogens (tertiary/aromatic N) is 2. The summed E-state index contributed by atoms with van der Waals surface area (Å²) in [6.45, 7) is 2.45. The van der Waals surface area contributed by atoms with Gasteiger partial charge in [0, 0.05) is 16.8 Å². The van der Waals surface area contributed by atoms with Crippen molar-refractivity contribution in [2.24, 2.45) is 12.0 Å². The Morgan fingerprint density at radius 2 is 2.28 bits per heavy atom. The molecule has 1 heterocycles. The number of hydrogen-bond acceptors (Lipinski definition) is 2. The van der Waals surface area contributed by atoms with Crippen LogP contribution >= 0.6 is 22.6 Å². The standard InChI is InChI=1S/C14H17IN2O/c1-3-6-13(18)7-4-5-10-16-14-9-8-12(15)11-17(14)2/h3-9,11,18H,10H2,1-2H3/b5-4+,6-3-,13-7+,16-14-. The number of rotatable bonds is 4. The molecule has 96 valence electrons. The summed E-state index contributed by atoms with van der Waals surface area (Å²) >= 11 is 2.27. The Hall–Kier alpha value is -1.30. The molecular formula is C14H17IN2O. The van der Waals surface area contributed by atoms with Crippen molar-refractivity contribution in [2.45, 2.75) is 6.92 Å². The second-order valence-electron chi connectivity index (χ2n) is 3.68. The lowest BCUT2D eigenvalue weighted by molar-refractivity contribution is 0.432. The minimum Gasteiger partial charge on any atom is -0.508 e. The number of halogens is 1. The molecule has 0 aromatic carbocycles. The fourth-order valence-corrected chi connectivity index (χ4v) is 1.93. The molecule has 0 unspecified atom stereocenters. The van der Waals surface area contributed by atoms with Crippen molar-refractivity contribution in [1.82, 2.24) is 4.57 Å². The zero-order valence-electron chi connectivity index (χ0n) is 10.5. The van der Waals surface area contributed by atoms with E-state index in [-0.39, 0.29) is 5.76 Å². The number of aliphatic hydroxyl groups is 1. The molecule has 0 amide bonds. The molecule has 0 aliphatic rings. The highest BCUT2D eigenvalue weighted by Crippen LogP contribution is 1.98. The number of aliphatic hydroxyl groups excluding tert-OH is 1. The van der Waals surface area contributed by atoms with E-state index < -0.39 is 0 Å². The molecular weight excluding hydrogens is 339 g/mol. The van der Waals surface area contributed by atoms with Crippen LogP contribution in [0.15, 0.2) is 59.5 Å². The highest BCUT2D eigenvalue weighted by atomic mass is 127. The van der Waals surface area contributed by atoms with Crippen LogP contribution in [-0.2, 0) is 7.05 Å². The average Bonchev–Trinajstić information content (AvgIpc) is 2.31. The van der Waals surface area contributed by atoms with E-state index in [9.17, 15) is 5.11 Å². The van der Waals surface area contributed by atoms with E-state index in [0.717, 1.165) is 5.49 Å². The molecule has 0 spiro atoms. The molecule has 0 saturated carbocycles. The van der Waals surface area contributed by atoms with Crippen LogP contribution in [0.4, 0.5) is 0 Å². The van der Waals surface area contributed by atoms with Crippen molar-refractivity contribution in [3.63, 3.8) is 0 Å². The van der Waals surface area contributed by atoms with Crippen molar-refractivity contribution in [3.8, 4) is 0 Å². The van der Waals surface area contributed by atoms with E-state index in [1.807, 2.05) is 42.9 Å². The Bertz CT molecular complexity index is 539. The van der Waals surface area contributed by atoms with Crippen molar-refractivity contribution in [3.05, 3.63) is 63.5 Å². The SMILES string of the molecule is C\C=C/C(O)=C\C=C\C/N=c1/ccc(I)cn1C. The molecule has 0 bridgehead atoms. The van der Waals surface area contributed by atoms with Gasteiger partial charge in [-0.3, -0.25) is 4.99 Å². The summed E-state index contributed by atoms with van der Waals surface area (Å²) in [5.41, 5.74) is 0.932. The first-order chi connectivity index (χ1) is 8.63. The summed E-state index contributed by atoms with van der Waals surface area (Å²) in [4.78, 5) is 4.43. The van der Waals surface area contributed by atoms with Gasteiger partial charge in [-0.25, -0.2) is 0 Å². The van der Waals surface area contributed by atoms with Crippen molar-refractivity contribution < 1.29 is 5.11 Å². The van der Waals surface area contributed by atoms with Gasteiger partial charge in [-0.1, -0.05) is 18.2 Å². The number of aryl methyl sites for hydroxylation is 1. The first-order valence-electron chi connectivity index (χ1n) is 5.64. The Balaban J connectivity index is 2.65. The molecule has 1 aromatic heterocycles. The van der Waals surface area contributed by atoms with Gasteiger partial charge in [0.25, 0.3) is 0 Å². The number of pyridine rings is 1. The minimum absolute atomic E-state index is 0.244. The molecule has 1 N–H and O–H groups in total. The number of aromatic nitrogens is 1. The normalized spacial score (nSPS) is 13.9. The van der Waals surface area contributed by atoms with Crippen molar-refractivity contribution in [1.29, 1.82) is 0 Å². The third-order valence-corrected chi connectivity index (χ3v) is 2.81. The van der Waals surface area contributed by atoms with E-state index in [2.05, 4.69) is 27.6 Å². The Morgan fingerprint density at radius 1 is 1.50 bits per heavy atom. The predicted molar refractivity (Wildman–Crippen MR) is 83.2 cm³/mol. The summed E-state index contributed by atoms with van der Waals surface area (Å²) in [5.74, 6) is 0.244. The Morgan fingerprint density at radius 3 is 2.94 bits per heavy atom. The van der Waals surface area contributed by atoms with Crippen LogP contribution in [0.2, 0.25) is 0 Å². The maximum absolute atomic E-state index is 9.33. The number of allylic oxidation sites excluding steroid dienone is 4. The lowest BCUT2D eigenvalue weighted by Crippen LogP contribution is -2.17. The molecule has 0 atom stereocenters. The largest absolute Gasteiger partial charge is 0.508 e. The molecule has 4 heteroatoms. The average molecular weight is 356 g/mol. The van der Waals surface area contributed by atoms with Crippen LogP contribution in [0.25, 0.3) is 0 Å². The summed E-state index contributed by atoms with van der Waals surface area (Å²) < 4.78 is 3.17. The smallest absolute Gasteiger partial charge is 0.127 e. The van der Waals surface area contributed by atoms with Gasteiger partial charge >= 0.3 is 0 Å². The zero-order valence-corrected chi connectivity index (χ0v) is 12.7. The molecule has 1 aromatic rings. The third kappa shape index (κ3) is 5.35.